The molecule has 1 aromatic heterocycles. The molecular formula is C21H22N2O4S3. The molecule has 0 spiro atoms. The number of carbonyl (C=O) groups excluding carboxylic acids is 3. The lowest BCUT2D eigenvalue weighted by atomic mass is 10.1. The van der Waals surface area contributed by atoms with Gasteiger partial charge < -0.3 is 10.1 Å². The number of aliphatic imine (C=N–C) groups is 1. The maximum atomic E-state index is 12.6. The van der Waals surface area contributed by atoms with Gasteiger partial charge in [0.25, 0.3) is 0 Å². The van der Waals surface area contributed by atoms with Crippen LogP contribution in [0.2, 0.25) is 0 Å². The third-order valence-electron chi connectivity index (χ3n) is 4.16. The number of hydrogen-bond acceptors (Lipinski definition) is 8. The van der Waals surface area contributed by atoms with Crippen molar-refractivity contribution in [1.82, 2.24) is 5.32 Å². The molecule has 6 nitrogen and oxygen atoms in total. The highest BCUT2D eigenvalue weighted by molar-refractivity contribution is 8.38. The van der Waals surface area contributed by atoms with Crippen molar-refractivity contribution < 1.29 is 19.1 Å². The predicted octanol–water partition coefficient (Wildman–Crippen LogP) is 3.80. The quantitative estimate of drug-likeness (QED) is 0.451. The molecular weight excluding hydrogens is 440 g/mol. The molecule has 1 aliphatic heterocycles. The zero-order valence-corrected chi connectivity index (χ0v) is 19.0. The Bertz CT molecular complexity index is 955. The molecule has 0 saturated carbocycles. The van der Waals surface area contributed by atoms with Crippen molar-refractivity contribution in [3.63, 3.8) is 0 Å². The fourth-order valence-corrected chi connectivity index (χ4v) is 5.64. The molecule has 0 fully saturated rings. The van der Waals surface area contributed by atoms with Crippen LogP contribution in [0.25, 0.3) is 0 Å². The Morgan fingerprint density at radius 2 is 2.03 bits per heavy atom. The number of hydrogen-bond donors (Lipinski definition) is 1. The normalized spacial score (nSPS) is 13.0. The van der Waals surface area contributed by atoms with Gasteiger partial charge in [0.1, 0.15) is 4.38 Å². The second-order valence-electron chi connectivity index (χ2n) is 6.44. The van der Waals surface area contributed by atoms with Gasteiger partial charge in [-0.2, -0.15) is 0 Å². The monoisotopic (exact) mass is 462 g/mol. The van der Waals surface area contributed by atoms with Crippen molar-refractivity contribution in [2.45, 2.75) is 19.1 Å². The molecule has 1 amide bonds. The first-order valence-electron chi connectivity index (χ1n) is 9.44. The molecule has 0 saturated heterocycles. The number of ketones is 1. The lowest BCUT2D eigenvalue weighted by Gasteiger charge is -2.09. The number of amides is 1. The van der Waals surface area contributed by atoms with Crippen LogP contribution in [0.15, 0.2) is 41.4 Å². The van der Waals surface area contributed by atoms with Gasteiger partial charge in [0, 0.05) is 29.9 Å². The van der Waals surface area contributed by atoms with Crippen LogP contribution < -0.4 is 5.32 Å². The van der Waals surface area contributed by atoms with E-state index in [1.54, 1.807) is 41.7 Å². The van der Waals surface area contributed by atoms with Crippen molar-refractivity contribution in [3.8, 4) is 0 Å². The van der Waals surface area contributed by atoms with E-state index in [1.807, 2.05) is 18.2 Å². The molecule has 0 atom stereocenters. The lowest BCUT2D eigenvalue weighted by molar-refractivity contribution is -0.118. The molecule has 2 heterocycles. The van der Waals surface area contributed by atoms with E-state index in [0.29, 0.717) is 29.2 Å². The van der Waals surface area contributed by atoms with Gasteiger partial charge in [0.2, 0.25) is 11.7 Å². The van der Waals surface area contributed by atoms with E-state index in [1.165, 1.54) is 18.3 Å². The first-order valence-corrected chi connectivity index (χ1v) is 12.2. The second kappa shape index (κ2) is 11.3. The SMILES string of the molecule is CC(=O)NCCc1ccc(C(=O)COC(=O)c2ccccc2CSC2=NCCS2)s1. The van der Waals surface area contributed by atoms with E-state index in [2.05, 4.69) is 10.3 Å². The predicted molar refractivity (Wildman–Crippen MR) is 124 cm³/mol. The van der Waals surface area contributed by atoms with Gasteiger partial charge in [-0.25, -0.2) is 4.79 Å². The van der Waals surface area contributed by atoms with E-state index in [9.17, 15) is 14.4 Å². The van der Waals surface area contributed by atoms with E-state index in [0.717, 1.165) is 27.1 Å². The summed E-state index contributed by atoms with van der Waals surface area (Å²) in [6.45, 7) is 2.54. The molecule has 0 bridgehead atoms. The van der Waals surface area contributed by atoms with Crippen LogP contribution in [0, 0.1) is 0 Å². The summed E-state index contributed by atoms with van der Waals surface area (Å²) in [5.41, 5.74) is 1.34. The Hall–Kier alpha value is -2.10. The fraction of sp³-hybridized carbons (Fsp3) is 0.333. The van der Waals surface area contributed by atoms with Gasteiger partial charge in [0.15, 0.2) is 6.61 Å². The summed E-state index contributed by atoms with van der Waals surface area (Å²) < 4.78 is 6.34. The smallest absolute Gasteiger partial charge is 0.338 e. The van der Waals surface area contributed by atoms with Gasteiger partial charge in [-0.1, -0.05) is 41.7 Å². The van der Waals surface area contributed by atoms with Crippen LogP contribution in [-0.4, -0.2) is 47.5 Å². The number of esters is 1. The minimum Gasteiger partial charge on any atom is -0.454 e. The van der Waals surface area contributed by atoms with Crippen LogP contribution in [0.5, 0.6) is 0 Å². The van der Waals surface area contributed by atoms with Crippen molar-refractivity contribution in [3.05, 3.63) is 57.3 Å². The van der Waals surface area contributed by atoms with Crippen molar-refractivity contribution in [1.29, 1.82) is 0 Å². The summed E-state index contributed by atoms with van der Waals surface area (Å²) in [7, 11) is 0. The zero-order chi connectivity index (χ0) is 21.3. The minimum absolute atomic E-state index is 0.0802. The van der Waals surface area contributed by atoms with Gasteiger partial charge in [0.05, 0.1) is 17.0 Å². The molecule has 1 N–H and O–H groups in total. The van der Waals surface area contributed by atoms with Gasteiger partial charge in [-0.15, -0.1) is 11.3 Å². The molecule has 0 radical (unpaired) electrons. The number of Topliss-reactive ketones (excluding diaryl/α,β-unsaturated/α-hetero) is 1. The number of thiophene rings is 1. The van der Waals surface area contributed by atoms with Crippen LogP contribution in [-0.2, 0) is 21.7 Å². The van der Waals surface area contributed by atoms with E-state index >= 15 is 0 Å². The minimum atomic E-state index is -0.497. The molecule has 1 aromatic carbocycles. The average Bonchev–Trinajstić information content (AvgIpc) is 3.42. The van der Waals surface area contributed by atoms with E-state index < -0.39 is 5.97 Å². The average molecular weight is 463 g/mol. The number of ether oxygens (including phenoxy) is 1. The second-order valence-corrected chi connectivity index (χ2v) is 9.91. The Kier molecular flexibility index (Phi) is 8.53. The molecule has 0 aliphatic carbocycles. The molecule has 9 heteroatoms. The molecule has 3 rings (SSSR count). The standard InChI is InChI=1S/C21H22N2O4S3/c1-14(24)22-9-8-16-6-7-19(30-16)18(25)12-27-20(26)17-5-3-2-4-15(17)13-29-21-23-10-11-28-21/h2-7H,8-13H2,1H3,(H,22,24). The van der Waals surface area contributed by atoms with E-state index in [4.69, 9.17) is 4.74 Å². The largest absolute Gasteiger partial charge is 0.454 e. The van der Waals surface area contributed by atoms with Gasteiger partial charge in [-0.3, -0.25) is 14.6 Å². The fourth-order valence-electron chi connectivity index (χ4n) is 2.69. The topological polar surface area (TPSA) is 84.8 Å². The Balaban J connectivity index is 1.52. The molecule has 30 heavy (non-hydrogen) atoms. The first kappa shape index (κ1) is 22.6. The number of rotatable bonds is 9. The van der Waals surface area contributed by atoms with Crippen molar-refractivity contribution in [2.75, 3.05) is 25.4 Å². The maximum Gasteiger partial charge on any atom is 0.338 e. The number of carbonyl (C=O) groups is 3. The number of nitrogens with zero attached hydrogens (tertiary/aromatic N) is 1. The number of thioether (sulfide) groups is 2. The summed E-state index contributed by atoms with van der Waals surface area (Å²) in [5, 5.41) is 2.73. The highest BCUT2D eigenvalue weighted by Crippen LogP contribution is 2.26. The Labute approximate surface area is 187 Å². The molecule has 1 aliphatic rings. The van der Waals surface area contributed by atoms with Crippen LogP contribution in [0.1, 0.15) is 37.4 Å². The number of benzene rings is 1. The first-order chi connectivity index (χ1) is 14.5. The van der Waals surface area contributed by atoms with Gasteiger partial charge >= 0.3 is 5.97 Å². The van der Waals surface area contributed by atoms with Crippen LogP contribution in [0.4, 0.5) is 0 Å². The maximum absolute atomic E-state index is 12.6. The molecule has 158 valence electrons. The molecule has 2 aromatic rings. The van der Waals surface area contributed by atoms with Crippen molar-refractivity contribution >= 4 is 56.9 Å². The number of nitrogens with one attached hydrogen (secondary N) is 1. The highest BCUT2D eigenvalue weighted by Gasteiger charge is 2.17. The van der Waals surface area contributed by atoms with Crippen molar-refractivity contribution in [2.24, 2.45) is 4.99 Å². The molecule has 0 unspecified atom stereocenters. The Morgan fingerprint density at radius 1 is 1.20 bits per heavy atom. The van der Waals surface area contributed by atoms with Gasteiger partial charge in [-0.05, 0) is 30.2 Å². The lowest BCUT2D eigenvalue weighted by Crippen LogP contribution is -2.22. The summed E-state index contributed by atoms with van der Waals surface area (Å²) in [4.78, 5) is 41.8. The summed E-state index contributed by atoms with van der Waals surface area (Å²) in [6.07, 6.45) is 0.659. The Morgan fingerprint density at radius 3 is 2.80 bits per heavy atom. The third kappa shape index (κ3) is 6.72. The van der Waals surface area contributed by atoms with Crippen LogP contribution in [0.3, 0.4) is 0 Å². The summed E-state index contributed by atoms with van der Waals surface area (Å²) in [6, 6.07) is 10.9. The summed E-state index contributed by atoms with van der Waals surface area (Å²) in [5.74, 6) is 0.827. The highest BCUT2D eigenvalue weighted by atomic mass is 32.2. The zero-order valence-electron chi connectivity index (χ0n) is 16.5. The van der Waals surface area contributed by atoms with E-state index in [-0.39, 0.29) is 18.3 Å². The third-order valence-corrected chi connectivity index (χ3v) is 7.65. The van der Waals surface area contributed by atoms with Crippen LogP contribution >= 0.6 is 34.9 Å². The summed E-state index contributed by atoms with van der Waals surface area (Å²) >= 11 is 4.70.